The van der Waals surface area contributed by atoms with Gasteiger partial charge in [0.15, 0.2) is 0 Å². The second-order valence-corrected chi connectivity index (χ2v) is 10.2. The molecule has 118 valence electrons. The quantitative estimate of drug-likeness (QED) is 0.334. The number of rotatable bonds is 8. The Bertz CT molecular complexity index is 442. The van der Waals surface area contributed by atoms with Crippen LogP contribution in [0.5, 0.6) is 0 Å². The fourth-order valence-corrected chi connectivity index (χ4v) is 5.17. The van der Waals surface area contributed by atoms with Crippen molar-refractivity contribution in [2.24, 2.45) is 0 Å². The number of hydrogen-bond acceptors (Lipinski definition) is 0. The van der Waals surface area contributed by atoms with E-state index < -0.39 is 19.8 Å². The molecule has 1 rings (SSSR count). The molecule has 0 spiro atoms. The average Bonchev–Trinajstić information content (AvgIpc) is 2.46. The fraction of sp³-hybridized carbons (Fsp3) is 0.500. The highest BCUT2D eigenvalue weighted by molar-refractivity contribution is 6.94. The van der Waals surface area contributed by atoms with Crippen molar-refractivity contribution < 1.29 is 13.2 Å². The first-order valence-corrected chi connectivity index (χ1v) is 10.5. The Labute approximate surface area is 131 Å². The topological polar surface area (TPSA) is 0 Å². The normalized spacial score (nSPS) is 14.7. The van der Waals surface area contributed by atoms with Gasteiger partial charge in [-0.05, 0) is 6.42 Å². The summed E-state index contributed by atoms with van der Waals surface area (Å²) in [6.45, 7) is 6.07. The summed E-state index contributed by atoms with van der Waals surface area (Å²) in [5.74, 6) is 0.690. The van der Waals surface area contributed by atoms with Gasteiger partial charge >= 0.3 is 6.18 Å². The van der Waals surface area contributed by atoms with Crippen molar-refractivity contribution in [1.82, 2.24) is 0 Å². The molecule has 21 heavy (non-hydrogen) atoms. The first-order valence-electron chi connectivity index (χ1n) is 7.21. The van der Waals surface area contributed by atoms with Crippen molar-refractivity contribution >= 4 is 24.9 Å². The highest BCUT2D eigenvalue weighted by atomic mass is 35.5. The Morgan fingerprint density at radius 2 is 1.67 bits per heavy atom. The fourth-order valence-electron chi connectivity index (χ4n) is 2.34. The van der Waals surface area contributed by atoms with E-state index in [1.54, 1.807) is 12.1 Å². The molecule has 1 aromatic carbocycles. The van der Waals surface area contributed by atoms with Gasteiger partial charge in [0.2, 0.25) is 0 Å². The lowest BCUT2D eigenvalue weighted by atomic mass is 10.2. The van der Waals surface area contributed by atoms with Gasteiger partial charge in [-0.1, -0.05) is 67.0 Å². The van der Waals surface area contributed by atoms with E-state index in [9.17, 15) is 13.2 Å². The van der Waals surface area contributed by atoms with Crippen molar-refractivity contribution in [2.75, 3.05) is 5.88 Å². The predicted molar refractivity (Wildman–Crippen MR) is 86.9 cm³/mol. The maximum atomic E-state index is 12.6. The molecule has 0 aliphatic carbocycles. The van der Waals surface area contributed by atoms with Gasteiger partial charge in [-0.15, -0.1) is 18.2 Å². The van der Waals surface area contributed by atoms with Crippen molar-refractivity contribution in [3.63, 3.8) is 0 Å². The summed E-state index contributed by atoms with van der Waals surface area (Å²) in [6.07, 6.45) is 0.0506. The average molecular weight is 335 g/mol. The van der Waals surface area contributed by atoms with Crippen LogP contribution in [0.3, 0.4) is 0 Å². The number of hydrogen-bond donors (Lipinski definition) is 0. The van der Waals surface area contributed by atoms with E-state index in [2.05, 4.69) is 13.1 Å². The van der Waals surface area contributed by atoms with Gasteiger partial charge in [-0.2, -0.15) is 13.2 Å². The van der Waals surface area contributed by atoms with E-state index >= 15 is 0 Å². The smallest absolute Gasteiger partial charge is 0.166 e. The minimum absolute atomic E-state index is 0.589. The van der Waals surface area contributed by atoms with E-state index in [4.69, 9.17) is 11.6 Å². The van der Waals surface area contributed by atoms with E-state index in [1.165, 1.54) is 12.1 Å². The third-order valence-electron chi connectivity index (χ3n) is 3.90. The maximum Gasteiger partial charge on any atom is 0.416 e. The standard InChI is InChI=1S/C16H22ClF3Si/c1-3-21(2,13-7-5-4-6-12-17)15-10-8-14(9-11-15)16(18,19)20/h3,8-11H,1,4-7,12-13H2,2H3. The Hall–Kier alpha value is -0.743. The number of halogens is 4. The SMILES string of the molecule is C=C[Si](C)(CCCCCCCl)c1ccc(C(F)(F)F)cc1. The van der Waals surface area contributed by atoms with Gasteiger partial charge in [0.25, 0.3) is 0 Å². The third kappa shape index (κ3) is 5.51. The molecule has 0 saturated heterocycles. The molecule has 5 heteroatoms. The van der Waals surface area contributed by atoms with Crippen LogP contribution in [-0.2, 0) is 6.18 Å². The summed E-state index contributed by atoms with van der Waals surface area (Å²) in [4.78, 5) is 0. The second kappa shape index (κ2) is 8.04. The summed E-state index contributed by atoms with van der Waals surface area (Å²) >= 11 is 5.65. The van der Waals surface area contributed by atoms with Crippen LogP contribution < -0.4 is 5.19 Å². The number of unbranched alkanes of at least 4 members (excludes halogenated alkanes) is 3. The largest absolute Gasteiger partial charge is 0.416 e. The number of benzene rings is 1. The molecule has 0 fully saturated rings. The minimum Gasteiger partial charge on any atom is -0.166 e. The van der Waals surface area contributed by atoms with Gasteiger partial charge < -0.3 is 0 Å². The number of alkyl halides is 4. The van der Waals surface area contributed by atoms with Gasteiger partial charge in [0.1, 0.15) is 8.07 Å². The zero-order chi connectivity index (χ0) is 15.9. The maximum absolute atomic E-state index is 12.6. The minimum atomic E-state index is -4.27. The van der Waals surface area contributed by atoms with Crippen LogP contribution in [-0.4, -0.2) is 14.0 Å². The Morgan fingerprint density at radius 1 is 1.10 bits per heavy atom. The van der Waals surface area contributed by atoms with Crippen LogP contribution in [0.1, 0.15) is 31.2 Å². The monoisotopic (exact) mass is 334 g/mol. The van der Waals surface area contributed by atoms with Crippen molar-refractivity contribution in [3.05, 3.63) is 42.1 Å². The molecule has 1 unspecified atom stereocenters. The van der Waals surface area contributed by atoms with Crippen LogP contribution in [0.2, 0.25) is 12.6 Å². The molecule has 0 radical (unpaired) electrons. The first-order chi connectivity index (χ1) is 9.83. The summed E-state index contributed by atoms with van der Waals surface area (Å²) in [6, 6.07) is 6.62. The highest BCUT2D eigenvalue weighted by Crippen LogP contribution is 2.29. The Morgan fingerprint density at radius 3 is 2.14 bits per heavy atom. The van der Waals surface area contributed by atoms with Crippen LogP contribution in [0.4, 0.5) is 13.2 Å². The zero-order valence-electron chi connectivity index (χ0n) is 12.3. The van der Waals surface area contributed by atoms with Crippen LogP contribution in [0.25, 0.3) is 0 Å². The molecule has 0 amide bonds. The lowest BCUT2D eigenvalue weighted by Crippen LogP contribution is -2.42. The van der Waals surface area contributed by atoms with E-state index in [-0.39, 0.29) is 0 Å². The van der Waals surface area contributed by atoms with Crippen LogP contribution in [0.15, 0.2) is 36.5 Å². The molecule has 0 bridgehead atoms. The lowest BCUT2D eigenvalue weighted by Gasteiger charge is -2.24. The van der Waals surface area contributed by atoms with Crippen molar-refractivity contribution in [2.45, 2.75) is 44.5 Å². The Balaban J connectivity index is 2.71. The molecule has 0 nitrogen and oxygen atoms in total. The molecular formula is C16H22ClF3Si. The first kappa shape index (κ1) is 18.3. The lowest BCUT2D eigenvalue weighted by molar-refractivity contribution is -0.137. The highest BCUT2D eigenvalue weighted by Gasteiger charge is 2.31. The molecular weight excluding hydrogens is 313 g/mol. The summed E-state index contributed by atoms with van der Waals surface area (Å²) in [7, 11) is -1.88. The molecule has 0 N–H and O–H groups in total. The molecule has 0 saturated carbocycles. The Kier molecular flexibility index (Phi) is 7.01. The molecule has 1 aromatic rings. The van der Waals surface area contributed by atoms with E-state index in [1.807, 2.05) is 5.70 Å². The van der Waals surface area contributed by atoms with Crippen molar-refractivity contribution in [1.29, 1.82) is 0 Å². The zero-order valence-corrected chi connectivity index (χ0v) is 14.1. The summed E-state index contributed by atoms with van der Waals surface area (Å²) < 4.78 is 37.8. The molecule has 0 heterocycles. The summed E-state index contributed by atoms with van der Waals surface area (Å²) in [5, 5.41) is 1.02. The summed E-state index contributed by atoms with van der Waals surface area (Å²) in [5.41, 5.74) is 1.38. The third-order valence-corrected chi connectivity index (χ3v) is 8.11. The molecule has 1 atom stereocenters. The van der Waals surface area contributed by atoms with Crippen LogP contribution >= 0.6 is 11.6 Å². The molecule has 0 aromatic heterocycles. The van der Waals surface area contributed by atoms with Crippen molar-refractivity contribution in [3.8, 4) is 0 Å². The van der Waals surface area contributed by atoms with E-state index in [0.717, 1.165) is 36.9 Å². The molecule has 0 aliphatic heterocycles. The van der Waals surface area contributed by atoms with Gasteiger partial charge in [0, 0.05) is 5.88 Å². The van der Waals surface area contributed by atoms with Gasteiger partial charge in [-0.25, -0.2) is 0 Å². The van der Waals surface area contributed by atoms with Gasteiger partial charge in [-0.3, -0.25) is 0 Å². The molecule has 0 aliphatic rings. The van der Waals surface area contributed by atoms with E-state index in [0.29, 0.717) is 5.88 Å². The van der Waals surface area contributed by atoms with Crippen LogP contribution in [0, 0.1) is 0 Å². The predicted octanol–water partition coefficient (Wildman–Crippen LogP) is 5.52. The second-order valence-electron chi connectivity index (χ2n) is 5.55. The van der Waals surface area contributed by atoms with Gasteiger partial charge in [0.05, 0.1) is 5.56 Å².